The van der Waals surface area contributed by atoms with E-state index in [0.717, 1.165) is 0 Å². The number of benzene rings is 2. The molecule has 1 heterocycles. The molecule has 2 aromatic carbocycles. The maximum absolute atomic E-state index is 12.3. The summed E-state index contributed by atoms with van der Waals surface area (Å²) in [6.45, 7) is 0.165. The zero-order chi connectivity index (χ0) is 14.9. The monoisotopic (exact) mass is 322 g/mol. The summed E-state index contributed by atoms with van der Waals surface area (Å²) < 4.78 is 34.8. The smallest absolute Gasteiger partial charge is 0.231 e. The molecule has 21 heavy (non-hydrogen) atoms. The van der Waals surface area contributed by atoms with Crippen LogP contribution in [0.1, 0.15) is 5.56 Å². The first-order valence-electron chi connectivity index (χ1n) is 6.14. The van der Waals surface area contributed by atoms with Crippen LogP contribution in [-0.4, -0.2) is 15.2 Å². The van der Waals surface area contributed by atoms with Crippen molar-refractivity contribution in [3.05, 3.63) is 58.5 Å². The van der Waals surface area contributed by atoms with Gasteiger partial charge in [0.25, 0.3) is 0 Å². The van der Waals surface area contributed by atoms with Crippen molar-refractivity contribution in [3.8, 4) is 11.5 Å². The van der Waals surface area contributed by atoms with Crippen LogP contribution in [0, 0.1) is 0 Å². The number of ether oxygens (including phenoxy) is 2. The van der Waals surface area contributed by atoms with E-state index in [1.807, 2.05) is 0 Å². The van der Waals surface area contributed by atoms with Crippen molar-refractivity contribution in [2.24, 2.45) is 0 Å². The molecular weight excluding hydrogens is 312 g/mol. The Balaban J connectivity index is 1.96. The first kappa shape index (κ1) is 14.0. The van der Waals surface area contributed by atoms with E-state index in [1.54, 1.807) is 36.4 Å². The van der Waals surface area contributed by atoms with Crippen molar-refractivity contribution in [3.63, 3.8) is 0 Å². The summed E-state index contributed by atoms with van der Waals surface area (Å²) in [5.74, 6) is 1.21. The van der Waals surface area contributed by atoms with Gasteiger partial charge >= 0.3 is 0 Å². The molecule has 0 radical (unpaired) electrons. The summed E-state index contributed by atoms with van der Waals surface area (Å²) in [5, 5.41) is 0. The van der Waals surface area contributed by atoms with Gasteiger partial charge < -0.3 is 9.47 Å². The SMILES string of the molecule is O=S(=O)(/C(Cl)=C/c1ccc2c(c1)OCO2)c1ccccc1. The second-order valence-corrected chi connectivity index (χ2v) is 6.93. The van der Waals surface area contributed by atoms with Gasteiger partial charge in [-0.25, -0.2) is 8.42 Å². The summed E-state index contributed by atoms with van der Waals surface area (Å²) in [5.41, 5.74) is 0.628. The Morgan fingerprint density at radius 2 is 1.76 bits per heavy atom. The summed E-state index contributed by atoms with van der Waals surface area (Å²) >= 11 is 5.99. The summed E-state index contributed by atoms with van der Waals surface area (Å²) in [7, 11) is -3.70. The van der Waals surface area contributed by atoms with Crippen LogP contribution in [0.5, 0.6) is 11.5 Å². The summed E-state index contributed by atoms with van der Waals surface area (Å²) in [4.78, 5) is 0.159. The van der Waals surface area contributed by atoms with Crippen LogP contribution in [0.2, 0.25) is 0 Å². The molecule has 108 valence electrons. The van der Waals surface area contributed by atoms with E-state index < -0.39 is 9.84 Å². The molecule has 3 rings (SSSR count). The first-order valence-corrected chi connectivity index (χ1v) is 8.00. The number of sulfone groups is 1. The lowest BCUT2D eigenvalue weighted by molar-refractivity contribution is 0.174. The highest BCUT2D eigenvalue weighted by atomic mass is 35.5. The normalized spacial score (nSPS) is 14.2. The van der Waals surface area contributed by atoms with Gasteiger partial charge in [-0.15, -0.1) is 0 Å². The molecule has 1 aliphatic heterocycles. The number of fused-ring (bicyclic) bond motifs is 1. The van der Waals surface area contributed by atoms with E-state index in [4.69, 9.17) is 21.1 Å². The van der Waals surface area contributed by atoms with Gasteiger partial charge in [-0.1, -0.05) is 35.9 Å². The van der Waals surface area contributed by atoms with Crippen molar-refractivity contribution >= 4 is 27.5 Å². The molecule has 0 fully saturated rings. The molecule has 0 aromatic heterocycles. The molecule has 0 saturated carbocycles. The van der Waals surface area contributed by atoms with Crippen molar-refractivity contribution in [1.82, 2.24) is 0 Å². The van der Waals surface area contributed by atoms with E-state index in [2.05, 4.69) is 0 Å². The average Bonchev–Trinajstić information content (AvgIpc) is 2.95. The molecular formula is C15H11ClO4S. The van der Waals surface area contributed by atoms with Crippen LogP contribution >= 0.6 is 11.6 Å². The lowest BCUT2D eigenvalue weighted by Crippen LogP contribution is -2.00. The van der Waals surface area contributed by atoms with E-state index in [0.29, 0.717) is 17.1 Å². The number of hydrogen-bond donors (Lipinski definition) is 0. The van der Waals surface area contributed by atoms with Crippen LogP contribution in [0.3, 0.4) is 0 Å². The number of hydrogen-bond acceptors (Lipinski definition) is 4. The third-order valence-electron chi connectivity index (χ3n) is 2.99. The Hall–Kier alpha value is -1.98. The standard InChI is InChI=1S/C15H11ClO4S/c16-15(21(17,18)12-4-2-1-3-5-12)9-11-6-7-13-14(8-11)20-10-19-13/h1-9H,10H2/b15-9+. The highest BCUT2D eigenvalue weighted by molar-refractivity contribution is 7.97. The predicted octanol–water partition coefficient (Wildman–Crippen LogP) is 3.43. The van der Waals surface area contributed by atoms with Crippen LogP contribution in [-0.2, 0) is 9.84 Å². The van der Waals surface area contributed by atoms with Crippen molar-refractivity contribution < 1.29 is 17.9 Å². The number of halogens is 1. The Morgan fingerprint density at radius 1 is 1.05 bits per heavy atom. The molecule has 0 aliphatic carbocycles. The predicted molar refractivity (Wildman–Crippen MR) is 80.0 cm³/mol. The highest BCUT2D eigenvalue weighted by Gasteiger charge is 2.19. The molecule has 2 aromatic rings. The first-order chi connectivity index (χ1) is 10.1. The molecule has 0 spiro atoms. The van der Waals surface area contributed by atoms with Crippen LogP contribution in [0.4, 0.5) is 0 Å². The topological polar surface area (TPSA) is 52.6 Å². The lowest BCUT2D eigenvalue weighted by Gasteiger charge is -2.03. The molecule has 1 aliphatic rings. The molecule has 0 atom stereocenters. The Labute approximate surface area is 127 Å². The second-order valence-electron chi connectivity index (χ2n) is 4.38. The third-order valence-corrected chi connectivity index (χ3v) is 5.23. The third kappa shape index (κ3) is 2.75. The zero-order valence-corrected chi connectivity index (χ0v) is 12.4. The van der Waals surface area contributed by atoms with Gasteiger partial charge in [0.05, 0.1) is 4.90 Å². The van der Waals surface area contributed by atoms with Crippen LogP contribution < -0.4 is 9.47 Å². The fourth-order valence-corrected chi connectivity index (χ4v) is 3.35. The van der Waals surface area contributed by atoms with Crippen molar-refractivity contribution in [1.29, 1.82) is 0 Å². The van der Waals surface area contributed by atoms with Gasteiger partial charge in [0.2, 0.25) is 16.6 Å². The molecule has 0 N–H and O–H groups in total. The minimum Gasteiger partial charge on any atom is -0.454 e. The van der Waals surface area contributed by atoms with E-state index in [9.17, 15) is 8.42 Å². The molecule has 4 nitrogen and oxygen atoms in total. The Morgan fingerprint density at radius 3 is 2.52 bits per heavy atom. The Kier molecular flexibility index (Phi) is 3.61. The minimum atomic E-state index is -3.70. The maximum atomic E-state index is 12.3. The Bertz CT molecular complexity index is 798. The fraction of sp³-hybridized carbons (Fsp3) is 0.0667. The van der Waals surface area contributed by atoms with Gasteiger partial charge in [0, 0.05) is 0 Å². The van der Waals surface area contributed by atoms with Gasteiger partial charge in [-0.05, 0) is 35.9 Å². The lowest BCUT2D eigenvalue weighted by atomic mass is 10.2. The molecule has 6 heteroatoms. The zero-order valence-electron chi connectivity index (χ0n) is 10.8. The van der Waals surface area contributed by atoms with Gasteiger partial charge in [-0.3, -0.25) is 0 Å². The van der Waals surface area contributed by atoms with Crippen LogP contribution in [0.25, 0.3) is 6.08 Å². The second kappa shape index (κ2) is 5.42. The summed E-state index contributed by atoms with van der Waals surface area (Å²) in [6.07, 6.45) is 1.39. The fourth-order valence-electron chi connectivity index (χ4n) is 1.92. The quantitative estimate of drug-likeness (QED) is 0.868. The average molecular weight is 323 g/mol. The van der Waals surface area contributed by atoms with E-state index >= 15 is 0 Å². The molecule has 0 saturated heterocycles. The number of rotatable bonds is 3. The van der Waals surface area contributed by atoms with Gasteiger partial charge in [0.1, 0.15) is 4.36 Å². The van der Waals surface area contributed by atoms with E-state index in [-0.39, 0.29) is 16.1 Å². The highest BCUT2D eigenvalue weighted by Crippen LogP contribution is 2.34. The van der Waals surface area contributed by atoms with Crippen molar-refractivity contribution in [2.45, 2.75) is 4.90 Å². The molecule has 0 bridgehead atoms. The molecule has 0 unspecified atom stereocenters. The minimum absolute atomic E-state index is 0.159. The largest absolute Gasteiger partial charge is 0.454 e. The van der Waals surface area contributed by atoms with Gasteiger partial charge in [0.15, 0.2) is 11.5 Å². The maximum Gasteiger partial charge on any atom is 0.231 e. The van der Waals surface area contributed by atoms with Gasteiger partial charge in [-0.2, -0.15) is 0 Å². The van der Waals surface area contributed by atoms with E-state index in [1.165, 1.54) is 18.2 Å². The summed E-state index contributed by atoms with van der Waals surface area (Å²) in [6, 6.07) is 13.2. The molecule has 0 amide bonds. The van der Waals surface area contributed by atoms with Crippen molar-refractivity contribution in [2.75, 3.05) is 6.79 Å². The van der Waals surface area contributed by atoms with Crippen LogP contribution in [0.15, 0.2) is 57.8 Å².